The maximum Gasteiger partial charge on any atom is 0.203 e. The fourth-order valence-electron chi connectivity index (χ4n) is 2.70. The van der Waals surface area contributed by atoms with Crippen molar-refractivity contribution in [3.63, 3.8) is 0 Å². The highest BCUT2D eigenvalue weighted by atomic mass is 35.5. The van der Waals surface area contributed by atoms with E-state index in [0.717, 1.165) is 16.8 Å². The van der Waals surface area contributed by atoms with Gasteiger partial charge in [-0.3, -0.25) is 0 Å². The van der Waals surface area contributed by atoms with E-state index in [4.69, 9.17) is 37.4 Å². The zero-order chi connectivity index (χ0) is 18.7. The summed E-state index contributed by atoms with van der Waals surface area (Å²) in [7, 11) is 4.73. The molecule has 3 aromatic rings. The largest absolute Gasteiger partial charge is 0.493 e. The summed E-state index contributed by atoms with van der Waals surface area (Å²) in [4.78, 5) is 0. The van der Waals surface area contributed by atoms with Crippen LogP contribution in [0.5, 0.6) is 17.2 Å². The van der Waals surface area contributed by atoms with Crippen LogP contribution in [0.4, 0.5) is 0 Å². The van der Waals surface area contributed by atoms with E-state index in [1.54, 1.807) is 33.5 Å². The first-order valence-electron chi connectivity index (χ1n) is 7.71. The zero-order valence-corrected chi connectivity index (χ0v) is 16.0. The summed E-state index contributed by atoms with van der Waals surface area (Å²) >= 11 is 12.3. The van der Waals surface area contributed by atoms with Crippen LogP contribution in [0.15, 0.2) is 30.3 Å². The minimum atomic E-state index is 0.501. The second-order valence-corrected chi connectivity index (χ2v) is 6.30. The summed E-state index contributed by atoms with van der Waals surface area (Å²) in [5.41, 5.74) is 3.09. The lowest BCUT2D eigenvalue weighted by atomic mass is 10.0. The van der Waals surface area contributed by atoms with Gasteiger partial charge in [0.1, 0.15) is 5.69 Å². The Morgan fingerprint density at radius 3 is 2.19 bits per heavy atom. The third kappa shape index (κ3) is 3.57. The van der Waals surface area contributed by atoms with Gasteiger partial charge < -0.3 is 14.2 Å². The van der Waals surface area contributed by atoms with Crippen LogP contribution in [-0.2, 0) is 6.42 Å². The van der Waals surface area contributed by atoms with Gasteiger partial charge in [-0.05, 0) is 35.9 Å². The fraction of sp³-hybridized carbons (Fsp3) is 0.222. The molecule has 0 aliphatic rings. The minimum absolute atomic E-state index is 0.501. The lowest BCUT2D eigenvalue weighted by molar-refractivity contribution is 0.324. The molecule has 0 saturated carbocycles. The normalized spacial score (nSPS) is 10.7. The molecule has 8 heteroatoms. The van der Waals surface area contributed by atoms with Gasteiger partial charge in [-0.25, -0.2) is 0 Å². The average Bonchev–Trinajstić information content (AvgIpc) is 3.08. The molecule has 6 nitrogen and oxygen atoms in total. The lowest BCUT2D eigenvalue weighted by Crippen LogP contribution is -1.99. The summed E-state index contributed by atoms with van der Waals surface area (Å²) < 4.78 is 16.2. The number of rotatable bonds is 6. The van der Waals surface area contributed by atoms with Crippen LogP contribution in [0.25, 0.3) is 11.3 Å². The van der Waals surface area contributed by atoms with Crippen molar-refractivity contribution in [1.82, 2.24) is 15.4 Å². The highest BCUT2D eigenvalue weighted by molar-refractivity contribution is 6.36. The van der Waals surface area contributed by atoms with E-state index in [1.165, 1.54) is 0 Å². The van der Waals surface area contributed by atoms with Crippen LogP contribution in [0, 0.1) is 0 Å². The first-order chi connectivity index (χ1) is 12.6. The van der Waals surface area contributed by atoms with E-state index < -0.39 is 0 Å². The minimum Gasteiger partial charge on any atom is -0.493 e. The number of nitrogens with one attached hydrogen (secondary N) is 1. The molecule has 0 unspecified atom stereocenters. The maximum absolute atomic E-state index is 6.31. The van der Waals surface area contributed by atoms with Crippen LogP contribution in [-0.4, -0.2) is 36.7 Å². The maximum atomic E-state index is 6.31. The molecule has 0 amide bonds. The van der Waals surface area contributed by atoms with Crippen LogP contribution in [0.2, 0.25) is 10.0 Å². The molecule has 1 N–H and O–H groups in total. The van der Waals surface area contributed by atoms with E-state index in [0.29, 0.717) is 39.4 Å². The number of ether oxygens (including phenoxy) is 3. The number of aromatic amines is 1. The molecule has 3 rings (SSSR count). The monoisotopic (exact) mass is 393 g/mol. The van der Waals surface area contributed by atoms with Crippen molar-refractivity contribution in [2.45, 2.75) is 6.42 Å². The number of H-pyrrole nitrogens is 1. The Morgan fingerprint density at radius 2 is 1.62 bits per heavy atom. The van der Waals surface area contributed by atoms with E-state index in [-0.39, 0.29) is 0 Å². The molecule has 0 aliphatic carbocycles. The second-order valence-electron chi connectivity index (χ2n) is 5.45. The average molecular weight is 394 g/mol. The molecule has 0 fully saturated rings. The number of aromatic nitrogens is 3. The predicted molar refractivity (Wildman–Crippen MR) is 101 cm³/mol. The van der Waals surface area contributed by atoms with Crippen molar-refractivity contribution in [2.24, 2.45) is 0 Å². The van der Waals surface area contributed by atoms with Gasteiger partial charge in [-0.1, -0.05) is 23.2 Å². The van der Waals surface area contributed by atoms with Gasteiger partial charge >= 0.3 is 0 Å². The smallest absolute Gasteiger partial charge is 0.203 e. The molecule has 1 aromatic heterocycles. The summed E-state index contributed by atoms with van der Waals surface area (Å²) in [6.45, 7) is 0. The Hall–Kier alpha value is -2.44. The quantitative estimate of drug-likeness (QED) is 0.672. The summed E-state index contributed by atoms with van der Waals surface area (Å²) in [6.07, 6.45) is 0.501. The molecule has 2 aromatic carbocycles. The Bertz CT molecular complexity index is 903. The van der Waals surface area contributed by atoms with Crippen molar-refractivity contribution in [3.8, 4) is 28.5 Å². The first-order valence-corrected chi connectivity index (χ1v) is 8.47. The highest BCUT2D eigenvalue weighted by Crippen LogP contribution is 2.39. The molecule has 1 heterocycles. The topological polar surface area (TPSA) is 69.3 Å². The number of hydrogen-bond acceptors (Lipinski definition) is 5. The predicted octanol–water partition coefficient (Wildman–Crippen LogP) is 4.40. The lowest BCUT2D eigenvalue weighted by Gasteiger charge is -2.14. The first kappa shape index (κ1) is 18.4. The second kappa shape index (κ2) is 7.85. The summed E-state index contributed by atoms with van der Waals surface area (Å²) in [5, 5.41) is 12.2. The molecular formula is C18H17Cl2N3O3. The van der Waals surface area contributed by atoms with E-state index in [1.807, 2.05) is 18.2 Å². The number of nitrogens with zero attached hydrogens (tertiary/aromatic N) is 2. The third-order valence-corrected chi connectivity index (χ3v) is 4.45. The SMILES string of the molecule is COc1cc(Cc2n[nH]nc2-c2ccc(Cl)cc2Cl)cc(OC)c1OC. The molecule has 0 aliphatic heterocycles. The van der Waals surface area contributed by atoms with Crippen molar-refractivity contribution in [2.75, 3.05) is 21.3 Å². The van der Waals surface area contributed by atoms with Gasteiger partial charge in [-0.15, -0.1) is 0 Å². The molecule has 26 heavy (non-hydrogen) atoms. The van der Waals surface area contributed by atoms with Crippen LogP contribution in [0.1, 0.15) is 11.3 Å². The third-order valence-electron chi connectivity index (χ3n) is 3.90. The van der Waals surface area contributed by atoms with Crippen LogP contribution in [0.3, 0.4) is 0 Å². The summed E-state index contributed by atoms with van der Waals surface area (Å²) in [6, 6.07) is 9.02. The number of hydrogen-bond donors (Lipinski definition) is 1. The van der Waals surface area contributed by atoms with Gasteiger partial charge in [-0.2, -0.15) is 15.4 Å². The van der Waals surface area contributed by atoms with Crippen molar-refractivity contribution >= 4 is 23.2 Å². The summed E-state index contributed by atoms with van der Waals surface area (Å²) in [5.74, 6) is 1.70. The van der Waals surface area contributed by atoms with Crippen molar-refractivity contribution in [3.05, 3.63) is 51.6 Å². The number of halogens is 2. The Balaban J connectivity index is 2.00. The van der Waals surface area contributed by atoms with Gasteiger partial charge in [0.15, 0.2) is 11.5 Å². The molecule has 136 valence electrons. The van der Waals surface area contributed by atoms with Crippen LogP contribution < -0.4 is 14.2 Å². The Labute approximate surface area is 161 Å². The van der Waals surface area contributed by atoms with E-state index in [9.17, 15) is 0 Å². The Morgan fingerprint density at radius 1 is 0.923 bits per heavy atom. The van der Waals surface area contributed by atoms with Gasteiger partial charge in [0.05, 0.1) is 32.0 Å². The van der Waals surface area contributed by atoms with E-state index >= 15 is 0 Å². The highest BCUT2D eigenvalue weighted by Gasteiger charge is 2.18. The van der Waals surface area contributed by atoms with Crippen molar-refractivity contribution < 1.29 is 14.2 Å². The molecular weight excluding hydrogens is 377 g/mol. The Kier molecular flexibility index (Phi) is 5.54. The molecule has 0 radical (unpaired) electrons. The van der Waals surface area contributed by atoms with E-state index in [2.05, 4.69) is 15.4 Å². The molecule has 0 spiro atoms. The van der Waals surface area contributed by atoms with Crippen molar-refractivity contribution in [1.29, 1.82) is 0 Å². The number of methoxy groups -OCH3 is 3. The fourth-order valence-corrected chi connectivity index (χ4v) is 3.20. The van der Waals surface area contributed by atoms with Gasteiger partial charge in [0.2, 0.25) is 5.75 Å². The standard InChI is InChI=1S/C18H17Cl2N3O3/c1-24-15-7-10(8-16(25-2)18(15)26-3)6-14-17(22-23-21-14)12-5-4-11(19)9-13(12)20/h4-5,7-9H,6H2,1-3H3,(H,21,22,23). The molecule has 0 saturated heterocycles. The number of benzene rings is 2. The molecule has 0 bridgehead atoms. The zero-order valence-electron chi connectivity index (χ0n) is 14.5. The molecule has 0 atom stereocenters. The van der Waals surface area contributed by atoms with Gasteiger partial charge in [0, 0.05) is 17.0 Å². The van der Waals surface area contributed by atoms with Gasteiger partial charge in [0.25, 0.3) is 0 Å². The van der Waals surface area contributed by atoms with Crippen LogP contribution >= 0.6 is 23.2 Å².